The molecule has 0 saturated carbocycles. The van der Waals surface area contributed by atoms with Crippen LogP contribution in [0.4, 0.5) is 0 Å². The number of benzene rings is 1. The monoisotopic (exact) mass is 235 g/mol. The normalized spacial score (nSPS) is 9.88. The van der Waals surface area contributed by atoms with Gasteiger partial charge in [0.05, 0.1) is 7.11 Å². The van der Waals surface area contributed by atoms with Crippen LogP contribution in [0.5, 0.6) is 5.75 Å². The second-order valence-electron chi connectivity index (χ2n) is 3.99. The van der Waals surface area contributed by atoms with E-state index in [4.69, 9.17) is 4.74 Å². The highest BCUT2D eigenvalue weighted by Gasteiger charge is 2.11. The highest BCUT2D eigenvalue weighted by Crippen LogP contribution is 2.24. The van der Waals surface area contributed by atoms with Crippen LogP contribution in [0.3, 0.4) is 0 Å². The van der Waals surface area contributed by atoms with Gasteiger partial charge < -0.3 is 9.64 Å². The number of likely N-dealkylation sites (N-methyl/N-ethyl adjacent to an activating group) is 1. The molecule has 0 saturated heterocycles. The Morgan fingerprint density at radius 1 is 1.35 bits per heavy atom. The number of hydrogen-bond donors (Lipinski definition) is 0. The van der Waals surface area contributed by atoms with Gasteiger partial charge in [-0.25, -0.2) is 0 Å². The Morgan fingerprint density at radius 3 is 2.53 bits per heavy atom. The molecular formula is C13H17NO3. The van der Waals surface area contributed by atoms with Gasteiger partial charge in [0.15, 0.2) is 0 Å². The molecule has 1 aromatic rings. The minimum Gasteiger partial charge on any atom is -0.496 e. The van der Waals surface area contributed by atoms with Crippen molar-refractivity contribution in [2.75, 3.05) is 14.2 Å². The molecule has 0 bridgehead atoms. The van der Waals surface area contributed by atoms with E-state index in [9.17, 15) is 9.59 Å². The molecule has 92 valence electrons. The van der Waals surface area contributed by atoms with Crippen LogP contribution in [-0.2, 0) is 16.1 Å². The first-order valence-corrected chi connectivity index (χ1v) is 5.34. The topological polar surface area (TPSA) is 46.6 Å². The summed E-state index contributed by atoms with van der Waals surface area (Å²) >= 11 is 0. The maximum Gasteiger partial charge on any atom is 0.286 e. The highest BCUT2D eigenvalue weighted by atomic mass is 16.5. The molecule has 0 radical (unpaired) electrons. The standard InChI is InChI=1S/C13H17NO3/c1-9-10(2)12(17-4)6-5-11(9)7-14(3)13(16)8-15/h5-6,8H,7H2,1-4H3. The lowest BCUT2D eigenvalue weighted by atomic mass is 10.0. The Bertz CT molecular complexity index is 441. The van der Waals surface area contributed by atoms with E-state index < -0.39 is 5.91 Å². The lowest BCUT2D eigenvalue weighted by molar-refractivity contribution is -0.138. The molecule has 0 aliphatic heterocycles. The van der Waals surface area contributed by atoms with E-state index in [2.05, 4.69) is 0 Å². The third-order valence-electron chi connectivity index (χ3n) is 2.95. The Morgan fingerprint density at radius 2 is 2.00 bits per heavy atom. The van der Waals surface area contributed by atoms with Crippen LogP contribution in [0.2, 0.25) is 0 Å². The average molecular weight is 235 g/mol. The molecule has 0 unspecified atom stereocenters. The van der Waals surface area contributed by atoms with Crippen LogP contribution in [0.15, 0.2) is 12.1 Å². The van der Waals surface area contributed by atoms with Crippen molar-refractivity contribution in [3.63, 3.8) is 0 Å². The second kappa shape index (κ2) is 5.48. The third-order valence-corrected chi connectivity index (χ3v) is 2.95. The number of ether oxygens (including phenoxy) is 1. The summed E-state index contributed by atoms with van der Waals surface area (Å²) < 4.78 is 5.22. The lowest BCUT2D eigenvalue weighted by Gasteiger charge is -2.18. The van der Waals surface area contributed by atoms with E-state index in [0.717, 1.165) is 22.4 Å². The number of carbonyl (C=O) groups is 2. The van der Waals surface area contributed by atoms with Gasteiger partial charge in [-0.05, 0) is 36.6 Å². The number of aldehydes is 1. The molecule has 0 atom stereocenters. The summed E-state index contributed by atoms with van der Waals surface area (Å²) in [6.45, 7) is 4.37. The number of carbonyl (C=O) groups excluding carboxylic acids is 2. The molecule has 0 spiro atoms. The van der Waals surface area contributed by atoms with Crippen molar-refractivity contribution >= 4 is 12.2 Å². The summed E-state index contributed by atoms with van der Waals surface area (Å²) in [5, 5.41) is 0. The van der Waals surface area contributed by atoms with Crippen LogP contribution < -0.4 is 4.74 Å². The molecule has 0 fully saturated rings. The largest absolute Gasteiger partial charge is 0.496 e. The predicted octanol–water partition coefficient (Wildman–Crippen LogP) is 1.47. The van der Waals surface area contributed by atoms with Gasteiger partial charge in [0.25, 0.3) is 5.91 Å². The SMILES string of the molecule is COc1ccc(CN(C)C(=O)C=O)c(C)c1C. The molecule has 0 heterocycles. The third kappa shape index (κ3) is 2.84. The van der Waals surface area contributed by atoms with Gasteiger partial charge in [-0.3, -0.25) is 9.59 Å². The van der Waals surface area contributed by atoms with Crippen LogP contribution in [0.25, 0.3) is 0 Å². The van der Waals surface area contributed by atoms with Gasteiger partial charge in [-0.2, -0.15) is 0 Å². The maximum absolute atomic E-state index is 11.2. The van der Waals surface area contributed by atoms with Crippen molar-refractivity contribution in [1.82, 2.24) is 4.90 Å². The molecule has 4 heteroatoms. The first-order valence-electron chi connectivity index (χ1n) is 5.34. The lowest BCUT2D eigenvalue weighted by Crippen LogP contribution is -2.27. The van der Waals surface area contributed by atoms with E-state index in [1.54, 1.807) is 14.2 Å². The second-order valence-corrected chi connectivity index (χ2v) is 3.99. The minimum absolute atomic E-state index is 0.325. The summed E-state index contributed by atoms with van der Waals surface area (Å²) in [7, 11) is 3.24. The van der Waals surface area contributed by atoms with Crippen molar-refractivity contribution in [3.05, 3.63) is 28.8 Å². The molecule has 0 aliphatic carbocycles. The molecule has 0 aliphatic rings. The minimum atomic E-state index is -0.516. The summed E-state index contributed by atoms with van der Waals surface area (Å²) in [6.07, 6.45) is 0.325. The molecule has 1 rings (SSSR count). The van der Waals surface area contributed by atoms with Gasteiger partial charge in [0, 0.05) is 13.6 Å². The Hall–Kier alpha value is -1.84. The smallest absolute Gasteiger partial charge is 0.286 e. The molecule has 1 aromatic carbocycles. The maximum atomic E-state index is 11.2. The van der Waals surface area contributed by atoms with Crippen molar-refractivity contribution in [2.24, 2.45) is 0 Å². The zero-order valence-electron chi connectivity index (χ0n) is 10.6. The number of nitrogens with zero attached hydrogens (tertiary/aromatic N) is 1. The number of hydrogen-bond acceptors (Lipinski definition) is 3. The number of methoxy groups -OCH3 is 1. The molecule has 1 amide bonds. The first kappa shape index (κ1) is 13.2. The first-order chi connectivity index (χ1) is 8.01. The molecule has 0 aromatic heterocycles. The van der Waals surface area contributed by atoms with Crippen molar-refractivity contribution < 1.29 is 14.3 Å². The van der Waals surface area contributed by atoms with E-state index in [1.807, 2.05) is 26.0 Å². The van der Waals surface area contributed by atoms with E-state index in [-0.39, 0.29) is 0 Å². The van der Waals surface area contributed by atoms with Crippen LogP contribution >= 0.6 is 0 Å². The molecular weight excluding hydrogens is 218 g/mol. The van der Waals surface area contributed by atoms with Crippen LogP contribution in [0, 0.1) is 13.8 Å². The van der Waals surface area contributed by atoms with Gasteiger partial charge in [-0.15, -0.1) is 0 Å². The van der Waals surface area contributed by atoms with Crippen molar-refractivity contribution in [1.29, 1.82) is 0 Å². The molecule has 4 nitrogen and oxygen atoms in total. The fourth-order valence-corrected chi connectivity index (χ4v) is 1.67. The Balaban J connectivity index is 2.97. The summed E-state index contributed by atoms with van der Waals surface area (Å²) in [4.78, 5) is 22.9. The van der Waals surface area contributed by atoms with Gasteiger partial charge in [-0.1, -0.05) is 6.07 Å². The molecule has 17 heavy (non-hydrogen) atoms. The van der Waals surface area contributed by atoms with Crippen molar-refractivity contribution in [2.45, 2.75) is 20.4 Å². The van der Waals surface area contributed by atoms with Gasteiger partial charge in [0.1, 0.15) is 5.75 Å². The number of rotatable bonds is 4. The quantitative estimate of drug-likeness (QED) is 0.586. The van der Waals surface area contributed by atoms with E-state index >= 15 is 0 Å². The van der Waals surface area contributed by atoms with E-state index in [1.165, 1.54) is 4.90 Å². The average Bonchev–Trinajstić information content (AvgIpc) is 2.34. The van der Waals surface area contributed by atoms with Gasteiger partial charge >= 0.3 is 0 Å². The number of amides is 1. The Kier molecular flexibility index (Phi) is 4.26. The van der Waals surface area contributed by atoms with Crippen LogP contribution in [-0.4, -0.2) is 31.3 Å². The van der Waals surface area contributed by atoms with Crippen molar-refractivity contribution in [3.8, 4) is 5.75 Å². The Labute approximate surface area is 101 Å². The highest BCUT2D eigenvalue weighted by molar-refractivity contribution is 6.23. The fourth-order valence-electron chi connectivity index (χ4n) is 1.67. The zero-order chi connectivity index (χ0) is 13.0. The molecule has 0 N–H and O–H groups in total. The van der Waals surface area contributed by atoms with E-state index in [0.29, 0.717) is 12.8 Å². The summed E-state index contributed by atoms with van der Waals surface area (Å²) in [6, 6.07) is 3.78. The summed E-state index contributed by atoms with van der Waals surface area (Å²) in [5.74, 6) is 0.313. The van der Waals surface area contributed by atoms with Crippen LogP contribution in [0.1, 0.15) is 16.7 Å². The predicted molar refractivity (Wildman–Crippen MR) is 65.0 cm³/mol. The van der Waals surface area contributed by atoms with Gasteiger partial charge in [0.2, 0.25) is 6.29 Å². The zero-order valence-corrected chi connectivity index (χ0v) is 10.6. The fraction of sp³-hybridized carbons (Fsp3) is 0.385. The summed E-state index contributed by atoms with van der Waals surface area (Å²) in [5.41, 5.74) is 3.15.